The van der Waals surface area contributed by atoms with E-state index in [1.807, 2.05) is 18.6 Å². The average Bonchev–Trinajstić information content (AvgIpc) is 2.24. The molecule has 0 aromatic carbocycles. The molecule has 0 spiro atoms. The maximum atomic E-state index is 12.0. The van der Waals surface area contributed by atoms with Crippen molar-refractivity contribution in [3.05, 3.63) is 0 Å². The lowest BCUT2D eigenvalue weighted by molar-refractivity contribution is -0.139. The lowest BCUT2D eigenvalue weighted by Gasteiger charge is -2.34. The topological polar surface area (TPSA) is 107 Å². The van der Waals surface area contributed by atoms with E-state index < -0.39 is 28.8 Å². The van der Waals surface area contributed by atoms with Crippen LogP contribution in [-0.4, -0.2) is 54.6 Å². The summed E-state index contributed by atoms with van der Waals surface area (Å²) in [5, 5.41) is 17.6. The van der Waals surface area contributed by atoms with Crippen LogP contribution < -0.4 is 4.72 Å². The molecule has 3 atom stereocenters. The van der Waals surface area contributed by atoms with Crippen LogP contribution in [0.3, 0.4) is 0 Å². The lowest BCUT2D eigenvalue weighted by atomic mass is 9.94. The molecule has 3 unspecified atom stereocenters. The number of carboxylic acid groups (broad SMARTS) is 1. The summed E-state index contributed by atoms with van der Waals surface area (Å²) >= 11 is 0. The van der Waals surface area contributed by atoms with E-state index in [1.54, 1.807) is 0 Å². The normalized spacial score (nSPS) is 27.9. The van der Waals surface area contributed by atoms with Crippen molar-refractivity contribution in [1.29, 1.82) is 0 Å². The van der Waals surface area contributed by atoms with Crippen LogP contribution in [0.4, 0.5) is 0 Å². The van der Waals surface area contributed by atoms with Crippen LogP contribution in [0.5, 0.6) is 0 Å². The molecule has 18 heavy (non-hydrogen) atoms. The minimum absolute atomic E-state index is 0.239. The lowest BCUT2D eigenvalue weighted by Crippen LogP contribution is -2.53. The first-order valence-electron chi connectivity index (χ1n) is 5.87. The standard InChI is InChI=1S/C10H20N2O5S/c1-7-3-8(2)5-12(4-7)18(16,17)11-9(6-13)10(14)15/h7-9,11,13H,3-6H2,1-2H3,(H,14,15). The largest absolute Gasteiger partial charge is 0.480 e. The van der Waals surface area contributed by atoms with Gasteiger partial charge >= 0.3 is 5.97 Å². The molecule has 1 saturated heterocycles. The number of carboxylic acids is 1. The molecule has 8 heteroatoms. The maximum absolute atomic E-state index is 12.0. The molecule has 1 rings (SSSR count). The van der Waals surface area contributed by atoms with Crippen molar-refractivity contribution < 1.29 is 23.4 Å². The summed E-state index contributed by atoms with van der Waals surface area (Å²) in [7, 11) is -3.86. The monoisotopic (exact) mass is 280 g/mol. The molecule has 0 radical (unpaired) electrons. The minimum atomic E-state index is -3.86. The SMILES string of the molecule is CC1CC(C)CN(S(=O)(=O)NC(CO)C(=O)O)C1. The van der Waals surface area contributed by atoms with E-state index in [9.17, 15) is 13.2 Å². The van der Waals surface area contributed by atoms with E-state index in [4.69, 9.17) is 10.2 Å². The molecule has 1 aliphatic heterocycles. The summed E-state index contributed by atoms with van der Waals surface area (Å²) < 4.78 is 27.2. The van der Waals surface area contributed by atoms with E-state index in [0.29, 0.717) is 13.1 Å². The number of nitrogens with zero attached hydrogens (tertiary/aromatic N) is 1. The molecular weight excluding hydrogens is 260 g/mol. The second-order valence-electron chi connectivity index (χ2n) is 4.96. The smallest absolute Gasteiger partial charge is 0.324 e. The van der Waals surface area contributed by atoms with Crippen molar-refractivity contribution in [2.45, 2.75) is 26.3 Å². The van der Waals surface area contributed by atoms with E-state index in [0.717, 1.165) is 6.42 Å². The average molecular weight is 280 g/mol. The van der Waals surface area contributed by atoms with Gasteiger partial charge in [-0.1, -0.05) is 13.8 Å². The molecule has 0 aromatic heterocycles. The highest BCUT2D eigenvalue weighted by molar-refractivity contribution is 7.87. The van der Waals surface area contributed by atoms with Crippen molar-refractivity contribution in [2.24, 2.45) is 11.8 Å². The fourth-order valence-corrected chi connectivity index (χ4v) is 3.81. The maximum Gasteiger partial charge on any atom is 0.324 e. The molecule has 0 aromatic rings. The molecule has 0 bridgehead atoms. The first-order chi connectivity index (χ1) is 8.26. The van der Waals surface area contributed by atoms with Crippen molar-refractivity contribution >= 4 is 16.2 Å². The summed E-state index contributed by atoms with van der Waals surface area (Å²) in [6, 6.07) is -1.50. The van der Waals surface area contributed by atoms with Gasteiger partial charge in [0.2, 0.25) is 0 Å². The highest BCUT2D eigenvalue weighted by Crippen LogP contribution is 2.22. The third kappa shape index (κ3) is 3.91. The Morgan fingerprint density at radius 3 is 2.28 bits per heavy atom. The Labute approximate surface area is 107 Å². The molecule has 3 N–H and O–H groups in total. The van der Waals surface area contributed by atoms with Crippen LogP contribution in [0.15, 0.2) is 0 Å². The predicted octanol–water partition coefficient (Wildman–Crippen LogP) is -0.756. The Morgan fingerprint density at radius 1 is 1.39 bits per heavy atom. The highest BCUT2D eigenvalue weighted by atomic mass is 32.2. The Balaban J connectivity index is 2.76. The van der Waals surface area contributed by atoms with Crippen LogP contribution >= 0.6 is 0 Å². The van der Waals surface area contributed by atoms with Crippen LogP contribution in [0.2, 0.25) is 0 Å². The van der Waals surface area contributed by atoms with Gasteiger partial charge in [0.05, 0.1) is 6.61 Å². The number of aliphatic hydroxyl groups is 1. The van der Waals surface area contributed by atoms with Crippen molar-refractivity contribution in [2.75, 3.05) is 19.7 Å². The van der Waals surface area contributed by atoms with Gasteiger partial charge in [0, 0.05) is 13.1 Å². The van der Waals surface area contributed by atoms with Gasteiger partial charge in [0.15, 0.2) is 0 Å². The van der Waals surface area contributed by atoms with Crippen LogP contribution in [-0.2, 0) is 15.0 Å². The highest BCUT2D eigenvalue weighted by Gasteiger charge is 2.33. The minimum Gasteiger partial charge on any atom is -0.480 e. The molecule has 7 nitrogen and oxygen atoms in total. The van der Waals surface area contributed by atoms with Crippen LogP contribution in [0.25, 0.3) is 0 Å². The van der Waals surface area contributed by atoms with Gasteiger partial charge in [0.25, 0.3) is 10.2 Å². The molecule has 1 aliphatic rings. The fourth-order valence-electron chi connectivity index (χ4n) is 2.22. The van der Waals surface area contributed by atoms with E-state index in [1.165, 1.54) is 4.31 Å². The van der Waals surface area contributed by atoms with E-state index in [2.05, 4.69) is 0 Å². The van der Waals surface area contributed by atoms with Gasteiger partial charge in [0.1, 0.15) is 6.04 Å². The number of aliphatic carboxylic acids is 1. The van der Waals surface area contributed by atoms with Gasteiger partial charge < -0.3 is 10.2 Å². The molecule has 1 fully saturated rings. The number of aliphatic hydroxyl groups excluding tert-OH is 1. The first kappa shape index (κ1) is 15.4. The third-order valence-electron chi connectivity index (χ3n) is 2.95. The number of hydrogen-bond donors (Lipinski definition) is 3. The first-order valence-corrected chi connectivity index (χ1v) is 7.31. The van der Waals surface area contributed by atoms with Crippen LogP contribution in [0.1, 0.15) is 20.3 Å². The molecule has 0 amide bonds. The van der Waals surface area contributed by atoms with Crippen molar-refractivity contribution in [3.63, 3.8) is 0 Å². The molecule has 106 valence electrons. The second kappa shape index (κ2) is 5.96. The Hall–Kier alpha value is -0.700. The summed E-state index contributed by atoms with van der Waals surface area (Å²) in [5.74, 6) is -0.912. The Kier molecular flexibility index (Phi) is 5.09. The number of piperidine rings is 1. The zero-order valence-corrected chi connectivity index (χ0v) is 11.4. The number of rotatable bonds is 5. The summed E-state index contributed by atoms with van der Waals surface area (Å²) in [6.45, 7) is 3.89. The van der Waals surface area contributed by atoms with Crippen molar-refractivity contribution in [1.82, 2.24) is 9.03 Å². The molecule has 1 heterocycles. The number of hydrogen-bond acceptors (Lipinski definition) is 4. The van der Waals surface area contributed by atoms with Gasteiger partial charge in [-0.15, -0.1) is 0 Å². The zero-order chi connectivity index (χ0) is 13.9. The van der Waals surface area contributed by atoms with E-state index in [-0.39, 0.29) is 11.8 Å². The molecular formula is C10H20N2O5S. The predicted molar refractivity (Wildman–Crippen MR) is 65.1 cm³/mol. The quantitative estimate of drug-likeness (QED) is 0.614. The Bertz CT molecular complexity index is 387. The van der Waals surface area contributed by atoms with Crippen LogP contribution in [0, 0.1) is 11.8 Å². The second-order valence-corrected chi connectivity index (χ2v) is 6.66. The molecule has 0 saturated carbocycles. The van der Waals surface area contributed by atoms with Gasteiger partial charge in [-0.2, -0.15) is 17.4 Å². The molecule has 0 aliphatic carbocycles. The van der Waals surface area contributed by atoms with Gasteiger partial charge in [-0.25, -0.2) is 0 Å². The van der Waals surface area contributed by atoms with Crippen molar-refractivity contribution in [3.8, 4) is 0 Å². The van der Waals surface area contributed by atoms with E-state index >= 15 is 0 Å². The number of carbonyl (C=O) groups is 1. The fraction of sp³-hybridized carbons (Fsp3) is 0.900. The summed E-state index contributed by atoms with van der Waals surface area (Å²) in [6.07, 6.45) is 0.953. The summed E-state index contributed by atoms with van der Waals surface area (Å²) in [4.78, 5) is 10.7. The summed E-state index contributed by atoms with van der Waals surface area (Å²) in [5.41, 5.74) is 0. The van der Waals surface area contributed by atoms with Gasteiger partial charge in [-0.05, 0) is 18.3 Å². The third-order valence-corrected chi connectivity index (χ3v) is 4.51. The zero-order valence-electron chi connectivity index (χ0n) is 10.5. The Morgan fingerprint density at radius 2 is 1.89 bits per heavy atom. The number of nitrogens with one attached hydrogen (secondary N) is 1. The van der Waals surface area contributed by atoms with Gasteiger partial charge in [-0.3, -0.25) is 4.79 Å².